The molecule has 0 spiro atoms. The number of hydrogen-bond acceptors (Lipinski definition) is 4. The van der Waals surface area contributed by atoms with Gasteiger partial charge in [-0.2, -0.15) is 0 Å². The highest BCUT2D eigenvalue weighted by Crippen LogP contribution is 2.27. The van der Waals surface area contributed by atoms with Crippen LogP contribution in [0.1, 0.15) is 38.4 Å². The van der Waals surface area contributed by atoms with Gasteiger partial charge in [0.15, 0.2) is 5.82 Å². The normalized spacial score (nSPS) is 19.7. The van der Waals surface area contributed by atoms with Gasteiger partial charge in [0, 0.05) is 12.0 Å². The fourth-order valence-electron chi connectivity index (χ4n) is 2.86. The summed E-state index contributed by atoms with van der Waals surface area (Å²) < 4.78 is 31.7. The van der Waals surface area contributed by atoms with E-state index in [1.54, 1.807) is 12.1 Å². The van der Waals surface area contributed by atoms with E-state index in [1.807, 2.05) is 12.1 Å². The summed E-state index contributed by atoms with van der Waals surface area (Å²) in [5.74, 6) is 0.0200. The molecule has 0 saturated carbocycles. The Morgan fingerprint density at radius 1 is 1.32 bits per heavy atom. The van der Waals surface area contributed by atoms with Crippen molar-refractivity contribution in [3.63, 3.8) is 0 Å². The summed E-state index contributed by atoms with van der Waals surface area (Å²) in [6.07, 6.45) is 0.278. The lowest BCUT2D eigenvalue weighted by atomic mass is 10.1. The van der Waals surface area contributed by atoms with E-state index in [1.165, 1.54) is 0 Å². The minimum absolute atomic E-state index is 0.0614. The minimum Gasteiger partial charge on any atom is -0.376 e. The molecule has 1 fully saturated rings. The summed E-state index contributed by atoms with van der Waals surface area (Å²) in [5, 5.41) is 4.05. The van der Waals surface area contributed by atoms with E-state index in [0.29, 0.717) is 11.3 Å². The number of nitrogens with one attached hydrogen (secondary N) is 1. The summed E-state index contributed by atoms with van der Waals surface area (Å²) in [6.45, 7) is 2.81. The minimum atomic E-state index is -2.69. The third-order valence-electron chi connectivity index (χ3n) is 3.99. The summed E-state index contributed by atoms with van der Waals surface area (Å²) >= 11 is 0. The topological polar surface area (TPSA) is 47.0 Å². The van der Waals surface area contributed by atoms with Crippen LogP contribution in [-0.2, 0) is 4.74 Å². The first kappa shape index (κ1) is 15.1. The molecule has 2 heterocycles. The van der Waals surface area contributed by atoms with Crippen LogP contribution in [0.15, 0.2) is 24.3 Å². The maximum absolute atomic E-state index is 13.0. The van der Waals surface area contributed by atoms with Crippen LogP contribution in [0.25, 0.3) is 10.9 Å². The van der Waals surface area contributed by atoms with Gasteiger partial charge in [-0.3, -0.25) is 0 Å². The predicted molar refractivity (Wildman–Crippen MR) is 81.2 cm³/mol. The van der Waals surface area contributed by atoms with Crippen molar-refractivity contribution in [1.82, 2.24) is 9.97 Å². The van der Waals surface area contributed by atoms with Crippen LogP contribution in [0, 0.1) is 0 Å². The van der Waals surface area contributed by atoms with Gasteiger partial charge in [0.1, 0.15) is 5.82 Å². The Morgan fingerprint density at radius 2 is 2.14 bits per heavy atom. The van der Waals surface area contributed by atoms with Crippen molar-refractivity contribution < 1.29 is 13.5 Å². The van der Waals surface area contributed by atoms with E-state index in [2.05, 4.69) is 22.2 Å². The Labute approximate surface area is 127 Å². The monoisotopic (exact) mass is 307 g/mol. The van der Waals surface area contributed by atoms with Crippen molar-refractivity contribution in [2.75, 3.05) is 11.9 Å². The van der Waals surface area contributed by atoms with Gasteiger partial charge >= 0.3 is 0 Å². The van der Waals surface area contributed by atoms with Gasteiger partial charge in [0.05, 0.1) is 17.7 Å². The average Bonchev–Trinajstić information content (AvgIpc) is 3.06. The quantitative estimate of drug-likeness (QED) is 0.909. The van der Waals surface area contributed by atoms with Gasteiger partial charge in [-0.15, -0.1) is 0 Å². The number of fused-ring (bicyclic) bond motifs is 1. The molecule has 4 nitrogen and oxygen atoms in total. The summed E-state index contributed by atoms with van der Waals surface area (Å²) in [5.41, 5.74) is 0.525. The second kappa shape index (κ2) is 6.52. The number of rotatable bonds is 5. The Bertz CT molecular complexity index is 644. The number of alkyl halides is 2. The van der Waals surface area contributed by atoms with E-state index >= 15 is 0 Å². The Morgan fingerprint density at radius 3 is 2.82 bits per heavy atom. The fourth-order valence-corrected chi connectivity index (χ4v) is 2.86. The van der Waals surface area contributed by atoms with Crippen LogP contribution in [0.3, 0.4) is 0 Å². The van der Waals surface area contributed by atoms with Crippen molar-refractivity contribution in [3.8, 4) is 0 Å². The molecule has 1 aliphatic heterocycles. The molecule has 22 heavy (non-hydrogen) atoms. The first-order valence-corrected chi connectivity index (χ1v) is 7.62. The molecular weight excluding hydrogens is 288 g/mol. The molecule has 0 bridgehead atoms. The summed E-state index contributed by atoms with van der Waals surface area (Å²) in [4.78, 5) is 7.97. The zero-order valence-electron chi connectivity index (χ0n) is 12.4. The molecule has 1 N–H and O–H groups in total. The Balaban J connectivity index is 1.97. The second-order valence-electron chi connectivity index (χ2n) is 5.46. The van der Waals surface area contributed by atoms with Gasteiger partial charge in [0.2, 0.25) is 0 Å². The van der Waals surface area contributed by atoms with Crippen molar-refractivity contribution >= 4 is 16.7 Å². The van der Waals surface area contributed by atoms with Crippen LogP contribution in [0.4, 0.5) is 14.6 Å². The average molecular weight is 307 g/mol. The van der Waals surface area contributed by atoms with Crippen LogP contribution in [0.5, 0.6) is 0 Å². The first-order valence-electron chi connectivity index (χ1n) is 7.62. The van der Waals surface area contributed by atoms with E-state index in [-0.39, 0.29) is 12.1 Å². The maximum Gasteiger partial charge on any atom is 0.297 e. The highest BCUT2D eigenvalue weighted by Gasteiger charge is 2.26. The van der Waals surface area contributed by atoms with Gasteiger partial charge in [-0.05, 0) is 31.4 Å². The van der Waals surface area contributed by atoms with Crippen LogP contribution >= 0.6 is 0 Å². The number of benzene rings is 1. The highest BCUT2D eigenvalue weighted by atomic mass is 19.3. The molecule has 2 unspecified atom stereocenters. The number of para-hydroxylation sites is 1. The fraction of sp³-hybridized carbons (Fsp3) is 0.500. The van der Waals surface area contributed by atoms with E-state index in [9.17, 15) is 8.78 Å². The molecule has 0 radical (unpaired) electrons. The Hall–Kier alpha value is -1.82. The molecule has 0 amide bonds. The smallest absolute Gasteiger partial charge is 0.297 e. The van der Waals surface area contributed by atoms with Gasteiger partial charge < -0.3 is 10.1 Å². The molecule has 1 aliphatic rings. The van der Waals surface area contributed by atoms with Crippen molar-refractivity contribution in [3.05, 3.63) is 30.1 Å². The zero-order chi connectivity index (χ0) is 15.5. The predicted octanol–water partition coefficient (Wildman–Crippen LogP) is 3.94. The number of nitrogens with zero attached hydrogens (tertiary/aromatic N) is 2. The largest absolute Gasteiger partial charge is 0.376 e. The molecule has 2 aromatic rings. The standard InChI is InChI=1S/C16H19F2N3O/c1-2-11(13-8-5-9-22-13)19-15-10-6-3-4-7-12(10)20-16(21-15)14(17)18/h3-4,6-7,11,13-14H,2,5,8-9H2,1H3,(H,19,20,21). The molecule has 6 heteroatoms. The lowest BCUT2D eigenvalue weighted by Gasteiger charge is -2.24. The number of hydrogen-bond donors (Lipinski definition) is 1. The molecule has 1 aromatic carbocycles. The third-order valence-corrected chi connectivity index (χ3v) is 3.99. The van der Waals surface area contributed by atoms with Crippen molar-refractivity contribution in [2.24, 2.45) is 0 Å². The van der Waals surface area contributed by atoms with Crippen molar-refractivity contribution in [2.45, 2.75) is 44.8 Å². The molecule has 2 atom stereocenters. The maximum atomic E-state index is 13.0. The number of anilines is 1. The van der Waals surface area contributed by atoms with E-state index in [4.69, 9.17) is 4.74 Å². The van der Waals surface area contributed by atoms with E-state index in [0.717, 1.165) is 31.3 Å². The number of ether oxygens (including phenoxy) is 1. The summed E-state index contributed by atoms with van der Waals surface area (Å²) in [7, 11) is 0. The second-order valence-corrected chi connectivity index (χ2v) is 5.46. The molecule has 1 aromatic heterocycles. The lowest BCUT2D eigenvalue weighted by molar-refractivity contribution is 0.0942. The zero-order valence-corrected chi connectivity index (χ0v) is 12.4. The van der Waals surface area contributed by atoms with E-state index < -0.39 is 12.2 Å². The molecule has 3 rings (SSSR count). The Kier molecular flexibility index (Phi) is 4.47. The number of aromatic nitrogens is 2. The van der Waals surface area contributed by atoms with Gasteiger partial charge in [-0.25, -0.2) is 18.7 Å². The first-order chi connectivity index (χ1) is 10.7. The summed E-state index contributed by atoms with van der Waals surface area (Å²) in [6, 6.07) is 7.26. The van der Waals surface area contributed by atoms with Gasteiger partial charge in [0.25, 0.3) is 6.43 Å². The van der Waals surface area contributed by atoms with Crippen LogP contribution in [-0.4, -0.2) is 28.7 Å². The number of halogens is 2. The molecular formula is C16H19F2N3O. The third kappa shape index (κ3) is 3.02. The van der Waals surface area contributed by atoms with Gasteiger partial charge in [-0.1, -0.05) is 19.1 Å². The van der Waals surface area contributed by atoms with Crippen LogP contribution < -0.4 is 5.32 Å². The molecule has 0 aliphatic carbocycles. The molecule has 1 saturated heterocycles. The SMILES string of the molecule is CCC(Nc1nc(C(F)F)nc2ccccc12)C1CCCO1. The van der Waals surface area contributed by atoms with Crippen LogP contribution in [0.2, 0.25) is 0 Å². The highest BCUT2D eigenvalue weighted by molar-refractivity contribution is 5.89. The lowest BCUT2D eigenvalue weighted by Crippen LogP contribution is -2.33. The van der Waals surface area contributed by atoms with Crippen molar-refractivity contribution in [1.29, 1.82) is 0 Å². The molecule has 118 valence electrons.